The van der Waals surface area contributed by atoms with Crippen LogP contribution in [0.4, 0.5) is 0 Å². The Morgan fingerprint density at radius 2 is 1.88 bits per heavy atom. The summed E-state index contributed by atoms with van der Waals surface area (Å²) in [6, 6.07) is 5.63. The van der Waals surface area contributed by atoms with Gasteiger partial charge in [-0.3, -0.25) is 4.79 Å². The van der Waals surface area contributed by atoms with Crippen LogP contribution < -0.4 is 4.72 Å². The Balaban J connectivity index is 3.01. The molecule has 7 heteroatoms. The van der Waals surface area contributed by atoms with Crippen LogP contribution in [0.1, 0.15) is 10.4 Å². The third-order valence-electron chi connectivity index (χ3n) is 2.13. The van der Waals surface area contributed by atoms with Gasteiger partial charge in [-0.25, -0.2) is 13.1 Å². The van der Waals surface area contributed by atoms with Crippen LogP contribution in [0.25, 0.3) is 0 Å². The summed E-state index contributed by atoms with van der Waals surface area (Å²) < 4.78 is 29.9. The van der Waals surface area contributed by atoms with E-state index in [-0.39, 0.29) is 10.7 Å². The Kier molecular flexibility index (Phi) is 4.81. The van der Waals surface area contributed by atoms with E-state index >= 15 is 0 Å². The number of carbonyl (C=O) groups excluding carboxylic acids is 1. The van der Waals surface area contributed by atoms with Crippen LogP contribution in [0.2, 0.25) is 0 Å². The highest BCUT2D eigenvalue weighted by molar-refractivity contribution is 9.09. The summed E-state index contributed by atoms with van der Waals surface area (Å²) in [5.74, 6) is -0.263. The number of rotatable bonds is 5. The van der Waals surface area contributed by atoms with Gasteiger partial charge in [0.2, 0.25) is 15.8 Å². The lowest BCUT2D eigenvalue weighted by Crippen LogP contribution is -2.19. The van der Waals surface area contributed by atoms with Crippen molar-refractivity contribution in [3.8, 4) is 0 Å². The van der Waals surface area contributed by atoms with Crippen LogP contribution in [0, 0.1) is 0 Å². The number of hydrogen-bond acceptors (Lipinski definition) is 4. The van der Waals surface area contributed by atoms with Crippen LogP contribution in [0.3, 0.4) is 0 Å². The van der Waals surface area contributed by atoms with Crippen molar-refractivity contribution in [1.82, 2.24) is 4.72 Å². The van der Waals surface area contributed by atoms with Crippen molar-refractivity contribution in [2.75, 3.05) is 14.2 Å². The van der Waals surface area contributed by atoms with Gasteiger partial charge in [-0.15, -0.1) is 0 Å². The predicted molar refractivity (Wildman–Crippen MR) is 66.7 cm³/mol. The smallest absolute Gasteiger partial charge is 0.240 e. The summed E-state index contributed by atoms with van der Waals surface area (Å²) in [6.45, 7) is 0. The summed E-state index contributed by atoms with van der Waals surface area (Å²) in [5, 5.41) is -0.728. The molecular weight excluding hydrogens is 310 g/mol. The highest BCUT2D eigenvalue weighted by Crippen LogP contribution is 2.14. The van der Waals surface area contributed by atoms with Gasteiger partial charge in [0.25, 0.3) is 0 Å². The number of halogens is 1. The second kappa shape index (κ2) is 5.72. The molecule has 1 rings (SSSR count). The summed E-state index contributed by atoms with van der Waals surface area (Å²) >= 11 is 3.05. The number of hydrogen-bond donors (Lipinski definition) is 1. The first-order valence-electron chi connectivity index (χ1n) is 4.67. The number of alkyl halides is 1. The van der Waals surface area contributed by atoms with Crippen LogP contribution in [0.5, 0.6) is 0 Å². The minimum absolute atomic E-state index is 0.111. The quantitative estimate of drug-likeness (QED) is 0.652. The van der Waals surface area contributed by atoms with Gasteiger partial charge in [0, 0.05) is 12.7 Å². The molecule has 1 N–H and O–H groups in total. The number of sulfonamides is 1. The van der Waals surface area contributed by atoms with Gasteiger partial charge >= 0.3 is 0 Å². The van der Waals surface area contributed by atoms with Crippen LogP contribution >= 0.6 is 15.9 Å². The second-order valence-electron chi connectivity index (χ2n) is 3.15. The van der Waals surface area contributed by atoms with E-state index in [0.717, 1.165) is 0 Å². The molecule has 0 radical (unpaired) electrons. The number of benzene rings is 1. The molecule has 0 fully saturated rings. The van der Waals surface area contributed by atoms with E-state index in [1.807, 2.05) is 0 Å². The lowest BCUT2D eigenvalue weighted by molar-refractivity contribution is 0.0805. The monoisotopic (exact) mass is 321 g/mol. The maximum absolute atomic E-state index is 11.7. The number of methoxy groups -OCH3 is 1. The average Bonchev–Trinajstić information content (AvgIpc) is 2.37. The Morgan fingerprint density at radius 1 is 1.35 bits per heavy atom. The minimum Gasteiger partial charge on any atom is -0.362 e. The molecule has 0 bridgehead atoms. The molecule has 0 spiro atoms. The molecule has 1 aromatic carbocycles. The van der Waals surface area contributed by atoms with Gasteiger partial charge < -0.3 is 4.74 Å². The molecule has 17 heavy (non-hydrogen) atoms. The maximum atomic E-state index is 11.7. The fourth-order valence-electron chi connectivity index (χ4n) is 1.15. The van der Waals surface area contributed by atoms with Gasteiger partial charge in [-0.05, 0) is 47.2 Å². The number of Topliss-reactive ketones (excluding diaryl/α,β-unsaturated/α-hetero) is 1. The van der Waals surface area contributed by atoms with Gasteiger partial charge in [0.05, 0.1) is 4.90 Å². The third-order valence-corrected chi connectivity index (χ3v) is 4.35. The molecule has 1 atom stereocenters. The molecule has 0 aromatic heterocycles. The van der Waals surface area contributed by atoms with Gasteiger partial charge in [-0.1, -0.05) is 0 Å². The highest BCUT2D eigenvalue weighted by Gasteiger charge is 2.17. The largest absolute Gasteiger partial charge is 0.362 e. The van der Waals surface area contributed by atoms with Crippen molar-refractivity contribution < 1.29 is 17.9 Å². The maximum Gasteiger partial charge on any atom is 0.240 e. The summed E-state index contributed by atoms with van der Waals surface area (Å²) in [5.41, 5.74) is 0.378. The molecule has 1 aromatic rings. The summed E-state index contributed by atoms with van der Waals surface area (Å²) in [7, 11) is -0.744. The third kappa shape index (κ3) is 3.35. The Hall–Kier alpha value is -0.760. The number of carbonyl (C=O) groups is 1. The summed E-state index contributed by atoms with van der Waals surface area (Å²) in [6.07, 6.45) is 0. The first-order valence-corrected chi connectivity index (χ1v) is 7.07. The molecule has 0 heterocycles. The molecule has 5 nitrogen and oxygen atoms in total. The summed E-state index contributed by atoms with van der Waals surface area (Å²) in [4.78, 5) is 11.8. The Labute approximate surface area is 108 Å². The molecule has 0 saturated carbocycles. The number of nitrogens with one attached hydrogen (secondary N) is 1. The molecule has 0 aliphatic rings. The van der Waals surface area contributed by atoms with Crippen LogP contribution in [-0.4, -0.2) is 33.4 Å². The Bertz CT molecular complexity index is 498. The zero-order valence-electron chi connectivity index (χ0n) is 9.31. The van der Waals surface area contributed by atoms with Crippen LogP contribution in [-0.2, 0) is 14.8 Å². The van der Waals surface area contributed by atoms with Crippen molar-refractivity contribution >= 4 is 31.7 Å². The fraction of sp³-hybridized carbons (Fsp3) is 0.300. The van der Waals surface area contributed by atoms with E-state index in [4.69, 9.17) is 4.74 Å². The van der Waals surface area contributed by atoms with Gasteiger partial charge in [0.1, 0.15) is 0 Å². The molecule has 0 aliphatic carbocycles. The molecule has 0 saturated heterocycles. The van der Waals surface area contributed by atoms with E-state index in [9.17, 15) is 13.2 Å². The van der Waals surface area contributed by atoms with E-state index in [1.54, 1.807) is 0 Å². The van der Waals surface area contributed by atoms with Crippen molar-refractivity contribution in [2.45, 2.75) is 9.91 Å². The van der Waals surface area contributed by atoms with Crippen LogP contribution in [0.15, 0.2) is 29.2 Å². The van der Waals surface area contributed by atoms with Gasteiger partial charge in [-0.2, -0.15) is 0 Å². The Morgan fingerprint density at radius 3 is 2.29 bits per heavy atom. The highest BCUT2D eigenvalue weighted by atomic mass is 79.9. The first kappa shape index (κ1) is 14.3. The zero-order chi connectivity index (χ0) is 13.1. The number of ketones is 1. The van der Waals surface area contributed by atoms with Crippen molar-refractivity contribution in [3.05, 3.63) is 29.8 Å². The average molecular weight is 322 g/mol. The molecule has 94 valence electrons. The second-order valence-corrected chi connectivity index (χ2v) is 5.87. The van der Waals surface area contributed by atoms with Crippen molar-refractivity contribution in [1.29, 1.82) is 0 Å². The topological polar surface area (TPSA) is 72.5 Å². The predicted octanol–water partition coefficient (Wildman–Crippen LogP) is 1.14. The van der Waals surface area contributed by atoms with E-state index in [1.165, 1.54) is 38.4 Å². The zero-order valence-corrected chi connectivity index (χ0v) is 11.7. The standard InChI is InChI=1S/C10H12BrNO4S/c1-12-17(14,15)8-5-3-7(4-6-8)9(13)10(11)16-2/h3-6,10,12H,1-2H3. The normalized spacial score (nSPS) is 13.4. The molecule has 0 aliphatic heterocycles. The molecule has 0 amide bonds. The lowest BCUT2D eigenvalue weighted by Gasteiger charge is -2.07. The van der Waals surface area contributed by atoms with E-state index in [0.29, 0.717) is 5.56 Å². The lowest BCUT2D eigenvalue weighted by atomic mass is 10.1. The van der Waals surface area contributed by atoms with Gasteiger partial charge in [0.15, 0.2) is 5.01 Å². The van der Waals surface area contributed by atoms with E-state index < -0.39 is 15.0 Å². The van der Waals surface area contributed by atoms with Crippen molar-refractivity contribution in [2.24, 2.45) is 0 Å². The molecule has 1 unspecified atom stereocenters. The van der Waals surface area contributed by atoms with E-state index in [2.05, 4.69) is 20.7 Å². The molecular formula is C10H12BrNO4S. The minimum atomic E-state index is -3.47. The van der Waals surface area contributed by atoms with Crippen molar-refractivity contribution in [3.63, 3.8) is 0 Å². The first-order chi connectivity index (χ1) is 7.92. The number of ether oxygens (including phenoxy) is 1. The SMILES string of the molecule is CNS(=O)(=O)c1ccc(C(=O)C(Br)OC)cc1. The fourth-order valence-corrected chi connectivity index (χ4v) is 2.15.